The average molecular weight is 399 g/mol. The van der Waals surface area contributed by atoms with E-state index in [2.05, 4.69) is 15.8 Å². The molecular formula is C19H22N5OPS. The lowest BCUT2D eigenvalue weighted by atomic mass is 10.2. The molecule has 8 heteroatoms. The van der Waals surface area contributed by atoms with Crippen molar-refractivity contribution in [2.24, 2.45) is 4.99 Å². The molecule has 2 aromatic rings. The molecule has 140 valence electrons. The number of fused-ring (bicyclic) bond motifs is 1. The molecule has 1 atom stereocenters. The first-order chi connectivity index (χ1) is 13.1. The van der Waals surface area contributed by atoms with Crippen molar-refractivity contribution in [1.82, 2.24) is 14.5 Å². The number of aryl methyl sites for hydroxylation is 2. The fourth-order valence-electron chi connectivity index (χ4n) is 3.63. The first-order valence-corrected chi connectivity index (χ1v) is 11.9. The number of aromatic nitrogens is 2. The summed E-state index contributed by atoms with van der Waals surface area (Å²) in [5.74, 6) is 1.33. The molecule has 1 aromatic carbocycles. The smallest absolute Gasteiger partial charge is 0.227 e. The van der Waals surface area contributed by atoms with Crippen molar-refractivity contribution in [2.45, 2.75) is 39.2 Å². The second-order valence-corrected chi connectivity index (χ2v) is 10.5. The highest BCUT2D eigenvalue weighted by Crippen LogP contribution is 2.56. The Bertz CT molecular complexity index is 956. The number of nitriles is 1. The zero-order chi connectivity index (χ0) is 18.9. The molecule has 0 amide bonds. The van der Waals surface area contributed by atoms with Crippen LogP contribution in [0.3, 0.4) is 0 Å². The predicted octanol–water partition coefficient (Wildman–Crippen LogP) is 3.63. The Morgan fingerprint density at radius 1 is 1.22 bits per heavy atom. The van der Waals surface area contributed by atoms with Crippen molar-refractivity contribution < 1.29 is 4.52 Å². The van der Waals surface area contributed by atoms with Crippen LogP contribution in [-0.2, 0) is 22.9 Å². The molecule has 0 N–H and O–H groups in total. The Morgan fingerprint density at radius 2 is 1.96 bits per heavy atom. The maximum atomic E-state index is 9.00. The molecule has 27 heavy (non-hydrogen) atoms. The van der Waals surface area contributed by atoms with Crippen molar-refractivity contribution in [1.29, 1.82) is 5.26 Å². The van der Waals surface area contributed by atoms with Gasteiger partial charge in [-0.15, -0.1) is 0 Å². The van der Waals surface area contributed by atoms with E-state index < -0.39 is 6.42 Å². The molecule has 1 fully saturated rings. The summed E-state index contributed by atoms with van der Waals surface area (Å²) in [6.45, 7) is 4.37. The van der Waals surface area contributed by atoms with E-state index in [0.29, 0.717) is 18.9 Å². The number of piperidine rings is 1. The molecule has 2 aliphatic rings. The summed E-state index contributed by atoms with van der Waals surface area (Å²) in [7, 11) is 0. The normalized spacial score (nSPS) is 22.4. The van der Waals surface area contributed by atoms with E-state index in [9.17, 15) is 0 Å². The van der Waals surface area contributed by atoms with Gasteiger partial charge in [0.2, 0.25) is 12.3 Å². The SMILES string of the molecule is Cc1nn(CCC#N)c2c1[P@](=S)(N1CCCCC1)OC(c1ccccc1)=N2. The Labute approximate surface area is 164 Å². The molecule has 3 heterocycles. The summed E-state index contributed by atoms with van der Waals surface area (Å²) in [4.78, 5) is 4.80. The van der Waals surface area contributed by atoms with Gasteiger partial charge < -0.3 is 4.52 Å². The van der Waals surface area contributed by atoms with E-state index in [1.807, 2.05) is 41.9 Å². The van der Waals surface area contributed by atoms with Gasteiger partial charge in [0.15, 0.2) is 5.82 Å². The van der Waals surface area contributed by atoms with Crippen LogP contribution in [0.4, 0.5) is 5.82 Å². The number of nitrogens with zero attached hydrogens (tertiary/aromatic N) is 5. The molecule has 4 rings (SSSR count). The molecule has 0 aliphatic carbocycles. The maximum Gasteiger partial charge on any atom is 0.227 e. The molecule has 0 bridgehead atoms. The van der Waals surface area contributed by atoms with Crippen molar-refractivity contribution in [2.75, 3.05) is 13.1 Å². The lowest BCUT2D eigenvalue weighted by Crippen LogP contribution is -2.35. The number of hydrogen-bond acceptors (Lipinski definition) is 5. The topological polar surface area (TPSA) is 66.4 Å². The Morgan fingerprint density at radius 3 is 2.67 bits per heavy atom. The van der Waals surface area contributed by atoms with Gasteiger partial charge in [-0.2, -0.15) is 15.4 Å². The second kappa shape index (κ2) is 7.55. The average Bonchev–Trinajstić information content (AvgIpc) is 3.04. The Hall–Kier alpha value is -2.00. The third kappa shape index (κ3) is 3.34. The second-order valence-electron chi connectivity index (χ2n) is 6.80. The largest absolute Gasteiger partial charge is 0.431 e. The van der Waals surface area contributed by atoms with E-state index in [-0.39, 0.29) is 0 Å². The standard InChI is InChI=1S/C19H22N5OPS/c1-15-17-18(24(22-15)14-8-11-20)21-19(16-9-4-2-5-10-16)25-26(17,27)23-12-6-3-7-13-23/h2,4-5,9-10H,3,6-8,12-14H2,1H3/t26-/m0/s1. The van der Waals surface area contributed by atoms with Gasteiger partial charge in [0.25, 0.3) is 0 Å². The van der Waals surface area contributed by atoms with Crippen LogP contribution in [0.15, 0.2) is 35.3 Å². The van der Waals surface area contributed by atoms with Gasteiger partial charge >= 0.3 is 0 Å². The van der Waals surface area contributed by atoms with Crippen LogP contribution in [-0.4, -0.2) is 33.4 Å². The number of benzene rings is 1. The summed E-state index contributed by atoms with van der Waals surface area (Å²) in [5.41, 5.74) is 1.78. The highest BCUT2D eigenvalue weighted by Gasteiger charge is 2.41. The quantitative estimate of drug-likeness (QED) is 0.735. The van der Waals surface area contributed by atoms with E-state index in [1.165, 1.54) is 6.42 Å². The van der Waals surface area contributed by atoms with E-state index in [4.69, 9.17) is 26.6 Å². The first kappa shape index (κ1) is 18.4. The Balaban J connectivity index is 1.86. The summed E-state index contributed by atoms with van der Waals surface area (Å²) >= 11 is 6.23. The predicted molar refractivity (Wildman–Crippen MR) is 110 cm³/mol. The lowest BCUT2D eigenvalue weighted by Gasteiger charge is -2.38. The van der Waals surface area contributed by atoms with Crippen LogP contribution < -0.4 is 5.30 Å². The van der Waals surface area contributed by atoms with Crippen LogP contribution in [0.2, 0.25) is 0 Å². The lowest BCUT2D eigenvalue weighted by molar-refractivity contribution is 0.345. The highest BCUT2D eigenvalue weighted by molar-refractivity contribution is 8.15. The fraction of sp³-hybridized carbons (Fsp3) is 0.421. The summed E-state index contributed by atoms with van der Waals surface area (Å²) in [6, 6.07) is 12.1. The van der Waals surface area contributed by atoms with Gasteiger partial charge in [0.05, 0.1) is 24.7 Å². The Kier molecular flexibility index (Phi) is 5.14. The van der Waals surface area contributed by atoms with Crippen LogP contribution >= 0.6 is 6.42 Å². The molecule has 1 aromatic heterocycles. The molecular weight excluding hydrogens is 377 g/mol. The van der Waals surface area contributed by atoms with Crippen molar-refractivity contribution in [3.8, 4) is 6.07 Å². The summed E-state index contributed by atoms with van der Waals surface area (Å²) in [6.07, 6.45) is 1.41. The monoisotopic (exact) mass is 399 g/mol. The summed E-state index contributed by atoms with van der Waals surface area (Å²) < 4.78 is 10.7. The molecule has 0 spiro atoms. The van der Waals surface area contributed by atoms with Gasteiger partial charge in [-0.1, -0.05) is 24.6 Å². The zero-order valence-electron chi connectivity index (χ0n) is 15.3. The molecule has 2 aliphatic heterocycles. The molecule has 6 nitrogen and oxygen atoms in total. The van der Waals surface area contributed by atoms with Crippen molar-refractivity contribution >= 4 is 35.2 Å². The molecule has 0 unspecified atom stereocenters. The number of aliphatic imine (C=N–C) groups is 1. The molecule has 0 radical (unpaired) electrons. The van der Waals surface area contributed by atoms with E-state index >= 15 is 0 Å². The first-order valence-electron chi connectivity index (χ1n) is 9.27. The molecule has 0 saturated carbocycles. The van der Waals surface area contributed by atoms with Crippen LogP contribution in [0, 0.1) is 18.3 Å². The number of hydrogen-bond donors (Lipinski definition) is 0. The fourth-order valence-corrected chi connectivity index (χ4v) is 7.52. The van der Waals surface area contributed by atoms with Gasteiger partial charge in [-0.25, -0.2) is 9.35 Å². The third-order valence-corrected chi connectivity index (χ3v) is 9.05. The van der Waals surface area contributed by atoms with Gasteiger partial charge in [-0.3, -0.25) is 0 Å². The van der Waals surface area contributed by atoms with Crippen LogP contribution in [0.5, 0.6) is 0 Å². The highest BCUT2D eigenvalue weighted by atomic mass is 32.4. The summed E-state index contributed by atoms with van der Waals surface area (Å²) in [5, 5.41) is 14.6. The van der Waals surface area contributed by atoms with E-state index in [0.717, 1.165) is 48.3 Å². The maximum absolute atomic E-state index is 9.00. The minimum atomic E-state index is -2.48. The van der Waals surface area contributed by atoms with Crippen LogP contribution in [0.1, 0.15) is 36.9 Å². The van der Waals surface area contributed by atoms with Crippen LogP contribution in [0.25, 0.3) is 0 Å². The van der Waals surface area contributed by atoms with E-state index in [1.54, 1.807) is 0 Å². The van der Waals surface area contributed by atoms with Gasteiger partial charge in [0.1, 0.15) is 5.30 Å². The van der Waals surface area contributed by atoms with Crippen molar-refractivity contribution in [3.63, 3.8) is 0 Å². The number of rotatable bonds is 4. The molecule has 1 saturated heterocycles. The van der Waals surface area contributed by atoms with Gasteiger partial charge in [0, 0.05) is 18.7 Å². The van der Waals surface area contributed by atoms with Crippen molar-refractivity contribution in [3.05, 3.63) is 41.6 Å². The minimum absolute atomic E-state index is 0.386. The zero-order valence-corrected chi connectivity index (χ0v) is 17.0. The van der Waals surface area contributed by atoms with Gasteiger partial charge in [-0.05, 0) is 43.7 Å². The third-order valence-electron chi connectivity index (χ3n) is 4.93. The minimum Gasteiger partial charge on any atom is -0.431 e.